The van der Waals surface area contributed by atoms with Crippen molar-refractivity contribution in [1.82, 2.24) is 0 Å². The molecule has 7 heavy (non-hydrogen) atoms. The molecule has 0 spiro atoms. The summed E-state index contributed by atoms with van der Waals surface area (Å²) in [6.45, 7) is 3.82. The molecule has 1 nitrogen and oxygen atoms in total. The van der Waals surface area contributed by atoms with Crippen molar-refractivity contribution in [2.75, 3.05) is 0 Å². The van der Waals surface area contributed by atoms with Crippen LogP contribution in [0.5, 0.6) is 0 Å². The number of hydrogen-bond donors (Lipinski definition) is 0. The summed E-state index contributed by atoms with van der Waals surface area (Å²) in [5.74, 6) is 0.130. The first-order valence-corrected chi connectivity index (χ1v) is 2.19. The molecule has 0 aromatic rings. The van der Waals surface area contributed by atoms with E-state index in [1.54, 1.807) is 0 Å². The minimum atomic E-state index is 0. The van der Waals surface area contributed by atoms with Gasteiger partial charge in [-0.15, -0.1) is 5.92 Å². The molecule has 0 saturated carbocycles. The van der Waals surface area contributed by atoms with E-state index in [1.165, 1.54) is 0 Å². The minimum Gasteiger partial charge on any atom is -0.542 e. The molecular weight excluding hydrogens is 184 g/mol. The van der Waals surface area contributed by atoms with Crippen LogP contribution in [0.1, 0.15) is 20.3 Å². The summed E-state index contributed by atoms with van der Waals surface area (Å²) in [5, 5.41) is 0. The third-order valence-corrected chi connectivity index (χ3v) is 0.814. The van der Waals surface area contributed by atoms with Gasteiger partial charge in [0.1, 0.15) is 0 Å². The Morgan fingerprint density at radius 2 is 2.14 bits per heavy atom. The van der Waals surface area contributed by atoms with Crippen LogP contribution in [-0.2, 0) is 27.2 Å². The fourth-order valence-corrected chi connectivity index (χ4v) is 0.0833. The van der Waals surface area contributed by atoms with Crippen LogP contribution < -0.4 is 0 Å². The van der Waals surface area contributed by atoms with E-state index in [9.17, 15) is 4.79 Å². The monoisotopic (exact) mass is 192 g/mol. The topological polar surface area (TPSA) is 17.1 Å². The predicted octanol–water partition coefficient (Wildman–Crippen LogP) is 1.14. The fraction of sp³-hybridized carbons (Fsp3) is 0.800. The van der Waals surface area contributed by atoms with Crippen molar-refractivity contribution >= 4 is 6.29 Å². The van der Waals surface area contributed by atoms with Gasteiger partial charge in [-0.3, -0.25) is 6.29 Å². The van der Waals surface area contributed by atoms with E-state index in [0.717, 1.165) is 6.42 Å². The van der Waals surface area contributed by atoms with Crippen molar-refractivity contribution in [1.29, 1.82) is 0 Å². The molecule has 0 aliphatic heterocycles. The predicted molar refractivity (Wildman–Crippen MR) is 25.1 cm³/mol. The van der Waals surface area contributed by atoms with Gasteiger partial charge in [-0.2, -0.15) is 0 Å². The van der Waals surface area contributed by atoms with Gasteiger partial charge in [0.2, 0.25) is 0 Å². The van der Waals surface area contributed by atoms with Crippen LogP contribution in [0.25, 0.3) is 0 Å². The molecule has 0 heterocycles. The second-order valence-corrected chi connectivity index (χ2v) is 1.43. The quantitative estimate of drug-likeness (QED) is 0.474. The fourth-order valence-electron chi connectivity index (χ4n) is 0.0833. The Morgan fingerprint density at radius 1 is 1.71 bits per heavy atom. The molecule has 0 saturated heterocycles. The summed E-state index contributed by atoms with van der Waals surface area (Å²) in [6, 6.07) is 0. The second-order valence-electron chi connectivity index (χ2n) is 1.43. The largest absolute Gasteiger partial charge is 1.00 e. The zero-order chi connectivity index (χ0) is 4.99. The van der Waals surface area contributed by atoms with Crippen LogP contribution in [0, 0.1) is 5.92 Å². The molecular formula is C5H9AgO. The zero-order valence-electron chi connectivity index (χ0n) is 4.49. The number of carbonyl (C=O) groups excluding carboxylic acids is 1. The third-order valence-electron chi connectivity index (χ3n) is 0.814. The van der Waals surface area contributed by atoms with Crippen molar-refractivity contribution in [3.05, 3.63) is 0 Å². The van der Waals surface area contributed by atoms with Gasteiger partial charge in [0.05, 0.1) is 0 Å². The molecule has 0 amide bonds. The Hall–Kier alpha value is 0.410. The van der Waals surface area contributed by atoms with Crippen LogP contribution in [0.15, 0.2) is 0 Å². The van der Waals surface area contributed by atoms with Crippen molar-refractivity contribution in [2.45, 2.75) is 20.3 Å². The molecule has 46 valence electrons. The Bertz CT molecular complexity index is 45.3. The molecule has 0 bridgehead atoms. The summed E-state index contributed by atoms with van der Waals surface area (Å²) < 4.78 is 0. The Morgan fingerprint density at radius 3 is 2.14 bits per heavy atom. The maximum Gasteiger partial charge on any atom is 1.00 e. The Balaban J connectivity index is 0. The Labute approximate surface area is 60.0 Å². The molecule has 0 radical (unpaired) electrons. The molecule has 0 aromatic heterocycles. The van der Waals surface area contributed by atoms with Gasteiger partial charge in [-0.1, -0.05) is 20.3 Å². The first-order valence-electron chi connectivity index (χ1n) is 2.19. The van der Waals surface area contributed by atoms with E-state index in [0.29, 0.717) is 0 Å². The molecule has 0 N–H and O–H groups in total. The standard InChI is InChI=1S/C5H9O.Ag/c1-3-5(2)4-6;/h5H,3H2,1-2H3;/q-1;+1. The van der Waals surface area contributed by atoms with Crippen molar-refractivity contribution < 1.29 is 27.2 Å². The first kappa shape index (κ1) is 10.4. The van der Waals surface area contributed by atoms with Crippen molar-refractivity contribution in [2.24, 2.45) is 5.92 Å². The maximum absolute atomic E-state index is 9.61. The molecule has 0 aliphatic rings. The first-order chi connectivity index (χ1) is 2.81. The second kappa shape index (κ2) is 6.41. The van der Waals surface area contributed by atoms with Crippen LogP contribution in [-0.4, -0.2) is 6.29 Å². The van der Waals surface area contributed by atoms with E-state index in [1.807, 2.05) is 20.1 Å². The molecule has 1 atom stereocenters. The summed E-state index contributed by atoms with van der Waals surface area (Å²) in [4.78, 5) is 9.61. The number of hydrogen-bond acceptors (Lipinski definition) is 1. The molecule has 0 aliphatic carbocycles. The van der Waals surface area contributed by atoms with Gasteiger partial charge >= 0.3 is 22.4 Å². The van der Waals surface area contributed by atoms with Gasteiger partial charge < -0.3 is 4.79 Å². The van der Waals surface area contributed by atoms with Gasteiger partial charge in [0.25, 0.3) is 0 Å². The summed E-state index contributed by atoms with van der Waals surface area (Å²) in [5.41, 5.74) is 0. The molecule has 0 aromatic carbocycles. The molecule has 0 rings (SSSR count). The van der Waals surface area contributed by atoms with E-state index < -0.39 is 0 Å². The van der Waals surface area contributed by atoms with Gasteiger partial charge in [-0.05, 0) is 0 Å². The smallest absolute Gasteiger partial charge is 0.542 e. The average Bonchev–Trinajstić information content (AvgIpc) is 1.65. The molecule has 1 unspecified atom stereocenters. The average molecular weight is 193 g/mol. The minimum absolute atomic E-state index is 0. The molecule has 0 fully saturated rings. The van der Waals surface area contributed by atoms with Crippen LogP contribution in [0.3, 0.4) is 0 Å². The normalized spacial score (nSPS) is 11.7. The van der Waals surface area contributed by atoms with E-state index in [2.05, 4.69) is 0 Å². The third kappa shape index (κ3) is 6.41. The SMILES string of the molecule is CCC(C)[C-]=O.[Ag+]. The van der Waals surface area contributed by atoms with Crippen molar-refractivity contribution in [3.8, 4) is 0 Å². The summed E-state index contributed by atoms with van der Waals surface area (Å²) in [6.07, 6.45) is 2.77. The summed E-state index contributed by atoms with van der Waals surface area (Å²) >= 11 is 0. The van der Waals surface area contributed by atoms with Crippen LogP contribution in [0.2, 0.25) is 0 Å². The van der Waals surface area contributed by atoms with Crippen LogP contribution >= 0.6 is 0 Å². The van der Waals surface area contributed by atoms with Gasteiger partial charge in [0.15, 0.2) is 0 Å². The van der Waals surface area contributed by atoms with E-state index in [-0.39, 0.29) is 28.3 Å². The van der Waals surface area contributed by atoms with E-state index >= 15 is 0 Å². The van der Waals surface area contributed by atoms with E-state index in [4.69, 9.17) is 0 Å². The Kier molecular flexibility index (Phi) is 9.53. The van der Waals surface area contributed by atoms with Crippen molar-refractivity contribution in [3.63, 3.8) is 0 Å². The van der Waals surface area contributed by atoms with Crippen LogP contribution in [0.4, 0.5) is 0 Å². The number of rotatable bonds is 2. The summed E-state index contributed by atoms with van der Waals surface area (Å²) in [7, 11) is 0. The van der Waals surface area contributed by atoms with Gasteiger partial charge in [0, 0.05) is 0 Å². The maximum atomic E-state index is 9.61. The van der Waals surface area contributed by atoms with Gasteiger partial charge in [-0.25, -0.2) is 0 Å². The molecule has 2 heteroatoms. The zero-order valence-corrected chi connectivity index (χ0v) is 5.98.